The summed E-state index contributed by atoms with van der Waals surface area (Å²) in [6, 6.07) is 4.12. The maximum atomic E-state index is 12.5. The first-order chi connectivity index (χ1) is 12.2. The van der Waals surface area contributed by atoms with E-state index in [1.165, 1.54) is 5.56 Å². The number of thioether (sulfide) groups is 1. The minimum Gasteiger partial charge on any atom is -0.342 e. The van der Waals surface area contributed by atoms with Gasteiger partial charge in [0.1, 0.15) is 5.65 Å². The molecule has 1 amide bonds. The molecule has 2 aromatic rings. The number of nitrogens with zero attached hydrogens (tertiary/aromatic N) is 3. The SMILES string of the molecule is Cc1ccc2nc(CSCC(=O)N3CC[C@@H]4CNC[C@@H]4CC3)cn2c1. The van der Waals surface area contributed by atoms with E-state index in [0.717, 1.165) is 68.0 Å². The van der Waals surface area contributed by atoms with Crippen molar-refractivity contribution >= 4 is 23.3 Å². The first-order valence-corrected chi connectivity index (χ1v) is 10.3. The number of hydrogen-bond donors (Lipinski definition) is 1. The van der Waals surface area contributed by atoms with Crippen molar-refractivity contribution in [2.75, 3.05) is 31.9 Å². The number of hydrogen-bond acceptors (Lipinski definition) is 4. The Bertz CT molecular complexity index is 745. The maximum Gasteiger partial charge on any atom is 0.232 e. The van der Waals surface area contributed by atoms with Gasteiger partial charge in [0.15, 0.2) is 0 Å². The lowest BCUT2D eigenvalue weighted by Crippen LogP contribution is -2.34. The minimum absolute atomic E-state index is 0.289. The fraction of sp³-hybridized carbons (Fsp3) is 0.579. The van der Waals surface area contributed by atoms with Crippen LogP contribution in [0.1, 0.15) is 24.1 Å². The summed E-state index contributed by atoms with van der Waals surface area (Å²) in [5.74, 6) is 3.17. The number of carbonyl (C=O) groups excluding carboxylic acids is 1. The van der Waals surface area contributed by atoms with Crippen LogP contribution >= 0.6 is 11.8 Å². The van der Waals surface area contributed by atoms with E-state index >= 15 is 0 Å². The summed E-state index contributed by atoms with van der Waals surface area (Å²) in [5.41, 5.74) is 3.24. The molecule has 0 saturated carbocycles. The normalized spacial score (nSPS) is 23.6. The lowest BCUT2D eigenvalue weighted by molar-refractivity contribution is -0.128. The zero-order chi connectivity index (χ0) is 17.2. The highest BCUT2D eigenvalue weighted by molar-refractivity contribution is 7.99. The van der Waals surface area contributed by atoms with Crippen LogP contribution in [0.2, 0.25) is 0 Å². The fourth-order valence-corrected chi connectivity index (χ4v) is 4.83. The molecule has 134 valence electrons. The largest absolute Gasteiger partial charge is 0.342 e. The molecule has 0 unspecified atom stereocenters. The van der Waals surface area contributed by atoms with Crippen LogP contribution in [0.4, 0.5) is 0 Å². The number of amides is 1. The number of aromatic nitrogens is 2. The van der Waals surface area contributed by atoms with E-state index in [-0.39, 0.29) is 5.91 Å². The molecule has 2 aliphatic rings. The highest BCUT2D eigenvalue weighted by Crippen LogP contribution is 2.27. The van der Waals surface area contributed by atoms with Crippen LogP contribution in [0.5, 0.6) is 0 Å². The summed E-state index contributed by atoms with van der Waals surface area (Å²) in [6.45, 7) is 6.20. The second-order valence-electron chi connectivity index (χ2n) is 7.33. The first kappa shape index (κ1) is 16.9. The number of likely N-dealkylation sites (tertiary alicyclic amines) is 1. The Labute approximate surface area is 153 Å². The zero-order valence-corrected chi connectivity index (χ0v) is 15.6. The van der Waals surface area contributed by atoms with E-state index in [0.29, 0.717) is 5.75 Å². The van der Waals surface area contributed by atoms with Crippen molar-refractivity contribution in [1.29, 1.82) is 0 Å². The van der Waals surface area contributed by atoms with Gasteiger partial charge in [0, 0.05) is 31.2 Å². The van der Waals surface area contributed by atoms with Crippen molar-refractivity contribution in [3.63, 3.8) is 0 Å². The lowest BCUT2D eigenvalue weighted by atomic mass is 9.92. The molecule has 0 bridgehead atoms. The highest BCUT2D eigenvalue weighted by Gasteiger charge is 2.31. The number of pyridine rings is 1. The van der Waals surface area contributed by atoms with Crippen molar-refractivity contribution in [3.8, 4) is 0 Å². The Morgan fingerprint density at radius 1 is 1.24 bits per heavy atom. The summed E-state index contributed by atoms with van der Waals surface area (Å²) < 4.78 is 2.06. The third kappa shape index (κ3) is 3.85. The van der Waals surface area contributed by atoms with Crippen LogP contribution in [-0.4, -0.2) is 52.1 Å². The number of carbonyl (C=O) groups is 1. The number of rotatable bonds is 4. The zero-order valence-electron chi connectivity index (χ0n) is 14.8. The standard InChI is InChI=1S/C19H26N4OS/c1-14-2-3-18-21-17(11-23(18)10-14)12-25-13-19(24)22-6-4-15-8-20-9-16(15)5-7-22/h2-3,10-11,15-16,20H,4-9,12-13H2,1H3/t15-,16+. The summed E-state index contributed by atoms with van der Waals surface area (Å²) >= 11 is 1.68. The van der Waals surface area contributed by atoms with Gasteiger partial charge >= 0.3 is 0 Å². The first-order valence-electron chi connectivity index (χ1n) is 9.19. The average molecular weight is 359 g/mol. The topological polar surface area (TPSA) is 49.6 Å². The molecule has 4 rings (SSSR count). The Morgan fingerprint density at radius 2 is 2.00 bits per heavy atom. The van der Waals surface area contributed by atoms with Crippen LogP contribution in [0.3, 0.4) is 0 Å². The van der Waals surface area contributed by atoms with E-state index in [2.05, 4.69) is 45.0 Å². The quantitative estimate of drug-likeness (QED) is 0.911. The smallest absolute Gasteiger partial charge is 0.232 e. The van der Waals surface area contributed by atoms with Gasteiger partial charge in [0.2, 0.25) is 5.91 Å². The molecule has 4 heterocycles. The molecule has 2 fully saturated rings. The molecular weight excluding hydrogens is 332 g/mol. The van der Waals surface area contributed by atoms with Gasteiger partial charge in [-0.2, -0.15) is 0 Å². The summed E-state index contributed by atoms with van der Waals surface area (Å²) in [6.07, 6.45) is 6.46. The van der Waals surface area contributed by atoms with Gasteiger partial charge in [-0.25, -0.2) is 4.98 Å². The lowest BCUT2D eigenvalue weighted by Gasteiger charge is -2.20. The van der Waals surface area contributed by atoms with Crippen LogP contribution in [0.15, 0.2) is 24.5 Å². The third-order valence-electron chi connectivity index (χ3n) is 5.50. The van der Waals surface area contributed by atoms with Gasteiger partial charge in [-0.3, -0.25) is 4.79 Å². The predicted molar refractivity (Wildman–Crippen MR) is 102 cm³/mol. The van der Waals surface area contributed by atoms with Crippen molar-refractivity contribution in [2.24, 2.45) is 11.8 Å². The molecule has 2 saturated heterocycles. The van der Waals surface area contributed by atoms with E-state index in [1.54, 1.807) is 11.8 Å². The monoisotopic (exact) mass is 358 g/mol. The van der Waals surface area contributed by atoms with Crippen LogP contribution in [0, 0.1) is 18.8 Å². The Balaban J connectivity index is 1.28. The van der Waals surface area contributed by atoms with Gasteiger partial charge in [-0.05, 0) is 56.3 Å². The molecule has 6 heteroatoms. The van der Waals surface area contributed by atoms with Crippen LogP contribution in [0.25, 0.3) is 5.65 Å². The maximum absolute atomic E-state index is 12.5. The minimum atomic E-state index is 0.289. The summed E-state index contributed by atoms with van der Waals surface area (Å²) in [7, 11) is 0. The van der Waals surface area contributed by atoms with Gasteiger partial charge in [-0.1, -0.05) is 6.07 Å². The van der Waals surface area contributed by atoms with E-state index in [9.17, 15) is 4.79 Å². The van der Waals surface area contributed by atoms with Crippen molar-refractivity contribution in [1.82, 2.24) is 19.6 Å². The Morgan fingerprint density at radius 3 is 2.76 bits per heavy atom. The summed E-state index contributed by atoms with van der Waals surface area (Å²) in [5, 5.41) is 3.49. The van der Waals surface area contributed by atoms with E-state index < -0.39 is 0 Å². The summed E-state index contributed by atoms with van der Waals surface area (Å²) in [4.78, 5) is 19.3. The molecule has 0 radical (unpaired) electrons. The molecule has 0 aliphatic carbocycles. The average Bonchev–Trinajstić information content (AvgIpc) is 3.16. The second kappa shape index (κ2) is 7.38. The number of imidazole rings is 1. The van der Waals surface area contributed by atoms with Gasteiger partial charge in [-0.15, -0.1) is 11.8 Å². The van der Waals surface area contributed by atoms with Gasteiger partial charge in [0.25, 0.3) is 0 Å². The molecule has 0 aromatic carbocycles. The van der Waals surface area contributed by atoms with Crippen molar-refractivity contribution < 1.29 is 4.79 Å². The van der Waals surface area contributed by atoms with Crippen molar-refractivity contribution in [3.05, 3.63) is 35.8 Å². The second-order valence-corrected chi connectivity index (χ2v) is 8.32. The van der Waals surface area contributed by atoms with Crippen LogP contribution in [-0.2, 0) is 10.5 Å². The van der Waals surface area contributed by atoms with Crippen molar-refractivity contribution in [2.45, 2.75) is 25.5 Å². The Hall–Kier alpha value is -1.53. The molecule has 2 aliphatic heterocycles. The van der Waals surface area contributed by atoms with Crippen LogP contribution < -0.4 is 5.32 Å². The molecule has 0 spiro atoms. The van der Waals surface area contributed by atoms with Gasteiger partial charge in [0.05, 0.1) is 11.4 Å². The number of nitrogens with one attached hydrogen (secondary N) is 1. The molecule has 1 N–H and O–H groups in total. The third-order valence-corrected chi connectivity index (χ3v) is 6.45. The fourth-order valence-electron chi connectivity index (χ4n) is 4.03. The van der Waals surface area contributed by atoms with Gasteiger partial charge < -0.3 is 14.6 Å². The van der Waals surface area contributed by atoms with E-state index in [4.69, 9.17) is 0 Å². The molecule has 25 heavy (non-hydrogen) atoms. The molecule has 5 nitrogen and oxygen atoms in total. The number of fused-ring (bicyclic) bond motifs is 2. The molecule has 2 atom stereocenters. The van der Waals surface area contributed by atoms with E-state index in [1.807, 2.05) is 6.07 Å². The highest BCUT2D eigenvalue weighted by atomic mass is 32.2. The Kier molecular flexibility index (Phi) is 4.99. The molecule has 2 aromatic heterocycles. The predicted octanol–water partition coefficient (Wildman–Crippen LogP) is 2.33. The number of aryl methyl sites for hydroxylation is 1. The molecular formula is C19H26N4OS.